The number of hydrogen-bond acceptors (Lipinski definition) is 5. The topological polar surface area (TPSA) is 43.0 Å². The third-order valence-electron chi connectivity index (χ3n) is 4.52. The lowest BCUT2D eigenvalue weighted by Gasteiger charge is -2.29. The highest BCUT2D eigenvalue weighted by Crippen LogP contribution is 2.34. The molecule has 1 saturated heterocycles. The number of morpholine rings is 1. The van der Waals surface area contributed by atoms with E-state index in [1.165, 1.54) is 5.69 Å². The zero-order chi connectivity index (χ0) is 19.1. The van der Waals surface area contributed by atoms with Gasteiger partial charge in [-0.1, -0.05) is 22.9 Å². The number of benzene rings is 2. The van der Waals surface area contributed by atoms with E-state index in [4.69, 9.17) is 14.2 Å². The molecule has 2 aromatic rings. The van der Waals surface area contributed by atoms with Crippen LogP contribution in [0.3, 0.4) is 0 Å². The van der Waals surface area contributed by atoms with E-state index in [-0.39, 0.29) is 0 Å². The van der Waals surface area contributed by atoms with Gasteiger partial charge in [0.05, 0.1) is 26.9 Å². The molecule has 5 nitrogen and oxygen atoms in total. The number of hydrogen-bond donors (Lipinski definition) is 1. The number of rotatable bonds is 8. The second-order valence-electron chi connectivity index (χ2n) is 6.44. The molecular formula is C21H27BrN2O3. The fourth-order valence-corrected chi connectivity index (χ4v) is 3.47. The second-order valence-corrected chi connectivity index (χ2v) is 7.30. The average Bonchev–Trinajstić information content (AvgIpc) is 2.72. The van der Waals surface area contributed by atoms with E-state index in [0.29, 0.717) is 13.2 Å². The van der Waals surface area contributed by atoms with Gasteiger partial charge in [-0.3, -0.25) is 0 Å². The summed E-state index contributed by atoms with van der Waals surface area (Å²) in [6, 6.07) is 12.6. The Morgan fingerprint density at radius 1 is 1.11 bits per heavy atom. The van der Waals surface area contributed by atoms with Crippen molar-refractivity contribution >= 4 is 27.3 Å². The summed E-state index contributed by atoms with van der Waals surface area (Å²) in [7, 11) is 1.67. The van der Waals surface area contributed by atoms with Gasteiger partial charge in [-0.2, -0.15) is 0 Å². The van der Waals surface area contributed by atoms with Gasteiger partial charge in [0.2, 0.25) is 0 Å². The van der Waals surface area contributed by atoms with E-state index in [9.17, 15) is 0 Å². The number of methoxy groups -OCH3 is 1. The van der Waals surface area contributed by atoms with Gasteiger partial charge in [0.25, 0.3) is 0 Å². The quantitative estimate of drug-likeness (QED) is 0.652. The lowest BCUT2D eigenvalue weighted by Crippen LogP contribution is -2.36. The van der Waals surface area contributed by atoms with Gasteiger partial charge in [-0.05, 0) is 48.4 Å². The Kier molecular flexibility index (Phi) is 7.24. The van der Waals surface area contributed by atoms with Gasteiger partial charge in [0.15, 0.2) is 11.5 Å². The summed E-state index contributed by atoms with van der Waals surface area (Å²) < 4.78 is 17.7. The highest BCUT2D eigenvalue weighted by atomic mass is 79.9. The number of nitrogens with zero attached hydrogens (tertiary/aromatic N) is 1. The molecule has 0 aliphatic carbocycles. The summed E-state index contributed by atoms with van der Waals surface area (Å²) in [4.78, 5) is 2.35. The van der Waals surface area contributed by atoms with Crippen LogP contribution in [0, 0.1) is 0 Å². The van der Waals surface area contributed by atoms with E-state index in [2.05, 4.69) is 57.3 Å². The van der Waals surface area contributed by atoms with Crippen molar-refractivity contribution < 1.29 is 14.2 Å². The predicted octanol–water partition coefficient (Wildman–Crippen LogP) is 4.70. The largest absolute Gasteiger partial charge is 0.493 e. The normalized spacial score (nSPS) is 14.1. The van der Waals surface area contributed by atoms with Gasteiger partial charge in [0.1, 0.15) is 0 Å². The van der Waals surface area contributed by atoms with Crippen molar-refractivity contribution in [3.63, 3.8) is 0 Å². The van der Waals surface area contributed by atoms with E-state index in [1.54, 1.807) is 7.11 Å². The van der Waals surface area contributed by atoms with Crippen molar-refractivity contribution in [2.24, 2.45) is 0 Å². The first-order valence-corrected chi connectivity index (χ1v) is 10.2. The predicted molar refractivity (Wildman–Crippen MR) is 113 cm³/mol. The lowest BCUT2D eigenvalue weighted by atomic mass is 10.2. The van der Waals surface area contributed by atoms with Crippen LogP contribution in [0.4, 0.5) is 11.4 Å². The fourth-order valence-electron chi connectivity index (χ4n) is 3.01. The number of anilines is 2. The van der Waals surface area contributed by atoms with E-state index >= 15 is 0 Å². The molecule has 0 bridgehead atoms. The van der Waals surface area contributed by atoms with Crippen LogP contribution < -0.4 is 19.7 Å². The monoisotopic (exact) mass is 434 g/mol. The molecule has 0 spiro atoms. The number of ether oxygens (including phenoxy) is 3. The van der Waals surface area contributed by atoms with Gasteiger partial charge in [0, 0.05) is 35.5 Å². The van der Waals surface area contributed by atoms with Gasteiger partial charge >= 0.3 is 0 Å². The Labute approximate surface area is 169 Å². The van der Waals surface area contributed by atoms with Crippen molar-refractivity contribution in [3.8, 4) is 11.5 Å². The van der Waals surface area contributed by atoms with E-state index < -0.39 is 0 Å². The van der Waals surface area contributed by atoms with Crippen molar-refractivity contribution in [2.45, 2.75) is 19.9 Å². The van der Waals surface area contributed by atoms with Crippen LogP contribution in [0.15, 0.2) is 40.9 Å². The van der Waals surface area contributed by atoms with E-state index in [0.717, 1.165) is 59.9 Å². The summed E-state index contributed by atoms with van der Waals surface area (Å²) in [5.41, 5.74) is 3.45. The summed E-state index contributed by atoms with van der Waals surface area (Å²) in [5.74, 6) is 1.52. The molecule has 1 heterocycles. The summed E-state index contributed by atoms with van der Waals surface area (Å²) >= 11 is 3.65. The number of nitrogens with one attached hydrogen (secondary N) is 1. The molecule has 0 saturated carbocycles. The molecule has 3 rings (SSSR count). The van der Waals surface area contributed by atoms with Crippen molar-refractivity contribution in [3.05, 3.63) is 46.4 Å². The summed E-state index contributed by atoms with van der Waals surface area (Å²) in [5, 5.41) is 3.48. The average molecular weight is 435 g/mol. The molecule has 0 atom stereocenters. The number of halogens is 1. The summed E-state index contributed by atoms with van der Waals surface area (Å²) in [6.07, 6.45) is 0.963. The molecule has 1 aliphatic rings. The molecule has 146 valence electrons. The molecule has 0 unspecified atom stereocenters. The molecule has 0 amide bonds. The third-order valence-corrected chi connectivity index (χ3v) is 5.26. The van der Waals surface area contributed by atoms with Crippen LogP contribution in [-0.2, 0) is 11.3 Å². The Bertz CT molecular complexity index is 731. The van der Waals surface area contributed by atoms with Crippen molar-refractivity contribution in [2.75, 3.05) is 50.2 Å². The molecule has 1 fully saturated rings. The van der Waals surface area contributed by atoms with Gasteiger partial charge in [-0.15, -0.1) is 0 Å². The molecular weight excluding hydrogens is 408 g/mol. The highest BCUT2D eigenvalue weighted by Gasteiger charge is 2.12. The second kappa shape index (κ2) is 9.85. The molecule has 0 aromatic heterocycles. The van der Waals surface area contributed by atoms with Crippen molar-refractivity contribution in [1.29, 1.82) is 0 Å². The zero-order valence-electron chi connectivity index (χ0n) is 16.0. The van der Waals surface area contributed by atoms with Crippen LogP contribution >= 0.6 is 15.9 Å². The standard InChI is InChI=1S/C21H27BrN2O3/c1-3-10-27-21-14-19(22)16(13-20(21)25-2)15-23-17-4-6-18(7-5-17)24-8-11-26-12-9-24/h4-7,13-14,23H,3,8-12,15H2,1-2H3. The Balaban J connectivity index is 1.63. The molecule has 6 heteroatoms. The van der Waals surface area contributed by atoms with E-state index in [1.807, 2.05) is 12.1 Å². The maximum absolute atomic E-state index is 5.76. The van der Waals surface area contributed by atoms with Crippen LogP contribution in [0.1, 0.15) is 18.9 Å². The SMILES string of the molecule is CCCOc1cc(Br)c(CNc2ccc(N3CCOCC3)cc2)cc1OC. The maximum atomic E-state index is 5.76. The minimum absolute atomic E-state index is 0.676. The van der Waals surface area contributed by atoms with Crippen molar-refractivity contribution in [1.82, 2.24) is 0 Å². The molecule has 0 radical (unpaired) electrons. The minimum Gasteiger partial charge on any atom is -0.493 e. The molecule has 1 N–H and O–H groups in total. The van der Waals surface area contributed by atoms with Crippen LogP contribution in [0.5, 0.6) is 11.5 Å². The molecule has 1 aliphatic heterocycles. The minimum atomic E-state index is 0.676. The smallest absolute Gasteiger partial charge is 0.162 e. The van der Waals surface area contributed by atoms with Gasteiger partial charge < -0.3 is 24.4 Å². The highest BCUT2D eigenvalue weighted by molar-refractivity contribution is 9.10. The third kappa shape index (κ3) is 5.30. The first kappa shape index (κ1) is 19.8. The lowest BCUT2D eigenvalue weighted by molar-refractivity contribution is 0.122. The van der Waals surface area contributed by atoms with Crippen LogP contribution in [0.25, 0.3) is 0 Å². The fraction of sp³-hybridized carbons (Fsp3) is 0.429. The first-order chi connectivity index (χ1) is 13.2. The summed E-state index contributed by atoms with van der Waals surface area (Å²) in [6.45, 7) is 6.96. The Hall–Kier alpha value is -1.92. The maximum Gasteiger partial charge on any atom is 0.162 e. The molecule has 2 aromatic carbocycles. The Morgan fingerprint density at radius 3 is 2.52 bits per heavy atom. The zero-order valence-corrected chi connectivity index (χ0v) is 17.5. The van der Waals surface area contributed by atoms with Gasteiger partial charge in [-0.25, -0.2) is 0 Å². The van der Waals surface area contributed by atoms with Crippen LogP contribution in [0.2, 0.25) is 0 Å². The van der Waals surface area contributed by atoms with Crippen LogP contribution in [-0.4, -0.2) is 40.0 Å². The first-order valence-electron chi connectivity index (χ1n) is 9.37. The molecule has 27 heavy (non-hydrogen) atoms. The Morgan fingerprint density at radius 2 is 1.85 bits per heavy atom.